The maximum absolute atomic E-state index is 10.2. The normalized spacial score (nSPS) is 13.6. The molecule has 0 bridgehead atoms. The summed E-state index contributed by atoms with van der Waals surface area (Å²) in [4.78, 5) is 0. The molecule has 0 radical (unpaired) electrons. The monoisotopic (exact) mass is 332 g/mol. The highest BCUT2D eigenvalue weighted by atomic mass is 16.4. The van der Waals surface area contributed by atoms with E-state index in [0.717, 1.165) is 5.57 Å². The van der Waals surface area contributed by atoms with Crippen molar-refractivity contribution in [1.82, 2.24) is 0 Å². The van der Waals surface area contributed by atoms with Crippen LogP contribution in [0.2, 0.25) is 0 Å². The number of aliphatic hydroxyl groups excluding tert-OH is 3. The topological polar surface area (TPSA) is 87.0 Å². The third-order valence-electron chi connectivity index (χ3n) is 3.78. The van der Waals surface area contributed by atoms with Crippen molar-refractivity contribution in [1.29, 1.82) is 0 Å². The Labute approximate surface area is 141 Å². The van der Waals surface area contributed by atoms with Crippen molar-refractivity contribution in [3.63, 3.8) is 0 Å². The molecule has 0 aromatic carbocycles. The number of rotatable bonds is 8. The second-order valence-electron chi connectivity index (χ2n) is 5.98. The van der Waals surface area contributed by atoms with Gasteiger partial charge in [0.2, 0.25) is 0 Å². The van der Waals surface area contributed by atoms with E-state index in [2.05, 4.69) is 5.73 Å². The van der Waals surface area contributed by atoms with Crippen LogP contribution in [0.5, 0.6) is 0 Å². The van der Waals surface area contributed by atoms with Gasteiger partial charge in [-0.25, -0.2) is 0 Å². The zero-order chi connectivity index (χ0) is 17.5. The van der Waals surface area contributed by atoms with Crippen molar-refractivity contribution < 1.29 is 24.2 Å². The molecule has 0 aliphatic rings. The van der Waals surface area contributed by atoms with Crippen LogP contribution in [0.3, 0.4) is 0 Å². The Hall–Kier alpha value is -2.04. The zero-order valence-corrected chi connectivity index (χ0v) is 14.0. The third-order valence-corrected chi connectivity index (χ3v) is 3.78. The maximum atomic E-state index is 10.2. The lowest BCUT2D eigenvalue weighted by atomic mass is 9.97. The van der Waals surface area contributed by atoms with E-state index in [1.807, 2.05) is 13.8 Å². The summed E-state index contributed by atoms with van der Waals surface area (Å²) < 4.78 is 10.5. The molecule has 0 saturated heterocycles. The lowest BCUT2D eigenvalue weighted by Crippen LogP contribution is -2.02. The number of furan rings is 2. The Bertz CT molecular complexity index is 674. The van der Waals surface area contributed by atoms with Gasteiger partial charge in [0.1, 0.15) is 36.1 Å². The molecule has 130 valence electrons. The van der Waals surface area contributed by atoms with Gasteiger partial charge in [0.15, 0.2) is 0 Å². The second kappa shape index (κ2) is 8.71. The first-order chi connectivity index (χ1) is 11.5. The van der Waals surface area contributed by atoms with Crippen molar-refractivity contribution in [3.05, 3.63) is 65.2 Å². The summed E-state index contributed by atoms with van der Waals surface area (Å²) >= 11 is 0. The van der Waals surface area contributed by atoms with Gasteiger partial charge in [-0.3, -0.25) is 0 Å². The van der Waals surface area contributed by atoms with Gasteiger partial charge < -0.3 is 24.2 Å². The largest absolute Gasteiger partial charge is 0.467 e. The van der Waals surface area contributed by atoms with Crippen LogP contribution in [0.25, 0.3) is 0 Å². The summed E-state index contributed by atoms with van der Waals surface area (Å²) in [5.41, 5.74) is 4.12. The van der Waals surface area contributed by atoms with Gasteiger partial charge in [-0.2, -0.15) is 0 Å². The molecule has 5 heteroatoms. The van der Waals surface area contributed by atoms with Gasteiger partial charge in [-0.05, 0) is 41.8 Å². The summed E-state index contributed by atoms with van der Waals surface area (Å²) in [6, 6.07) is 6.77. The molecule has 5 nitrogen and oxygen atoms in total. The first-order valence-corrected chi connectivity index (χ1v) is 8.04. The van der Waals surface area contributed by atoms with Crippen LogP contribution in [0.4, 0.5) is 0 Å². The van der Waals surface area contributed by atoms with Crippen molar-refractivity contribution in [2.24, 2.45) is 5.92 Å². The third kappa shape index (κ3) is 4.98. The molecular formula is C19H24O5. The number of hydrogen-bond donors (Lipinski definition) is 3. The molecule has 0 aliphatic carbocycles. The highest BCUT2D eigenvalue weighted by molar-refractivity contribution is 5.13. The molecule has 2 aromatic rings. The highest BCUT2D eigenvalue weighted by Gasteiger charge is 2.15. The minimum absolute atomic E-state index is 0.190. The Kier molecular flexibility index (Phi) is 6.64. The Morgan fingerprint density at radius 3 is 2.54 bits per heavy atom. The molecule has 2 rings (SSSR count). The predicted octanol–water partition coefficient (Wildman–Crippen LogP) is 3.65. The maximum Gasteiger partial charge on any atom is 0.133 e. The molecular weight excluding hydrogens is 308 g/mol. The Morgan fingerprint density at radius 2 is 1.96 bits per heavy atom. The summed E-state index contributed by atoms with van der Waals surface area (Å²) in [6.45, 7) is 3.87. The average molecular weight is 332 g/mol. The Morgan fingerprint density at radius 1 is 1.17 bits per heavy atom. The van der Waals surface area contributed by atoms with Gasteiger partial charge >= 0.3 is 0 Å². The number of hydrogen-bond acceptors (Lipinski definition) is 5. The van der Waals surface area contributed by atoms with Crippen LogP contribution in [-0.2, 0) is 6.61 Å². The van der Waals surface area contributed by atoms with Gasteiger partial charge in [-0.1, -0.05) is 13.8 Å². The standard InChI is InChI=1S/C19H24O5/c1-13(2)14(11-17(22)18-7-4-10-23-18)5-3-6-16(21)19-9-8-15(12-20)24-19/h3-4,7-10,13,16-17,20-22H,6,11-12H2,1-2H3/t5?,16-,17-/m1/s1. The fraction of sp³-hybridized carbons (Fsp3) is 0.421. The molecule has 2 atom stereocenters. The van der Waals surface area contributed by atoms with Gasteiger partial charge in [-0.15, -0.1) is 5.73 Å². The second-order valence-corrected chi connectivity index (χ2v) is 5.98. The SMILES string of the molecule is CC(C)C(=C=CC[C@@H](O)c1ccc(CO)o1)C[C@@H](O)c1ccco1. The lowest BCUT2D eigenvalue weighted by Gasteiger charge is -2.12. The first kappa shape index (κ1) is 18.3. The fourth-order valence-electron chi connectivity index (χ4n) is 2.33. The highest BCUT2D eigenvalue weighted by Crippen LogP contribution is 2.25. The number of aliphatic hydroxyl groups is 3. The lowest BCUT2D eigenvalue weighted by molar-refractivity contribution is 0.145. The molecule has 2 aromatic heterocycles. The summed E-state index contributed by atoms with van der Waals surface area (Å²) in [7, 11) is 0. The molecule has 3 N–H and O–H groups in total. The fourth-order valence-corrected chi connectivity index (χ4v) is 2.33. The molecule has 0 amide bonds. The molecule has 2 heterocycles. The Balaban J connectivity index is 2.02. The molecule has 0 unspecified atom stereocenters. The minimum Gasteiger partial charge on any atom is -0.467 e. The van der Waals surface area contributed by atoms with Crippen LogP contribution in [0, 0.1) is 5.92 Å². The van der Waals surface area contributed by atoms with Crippen LogP contribution < -0.4 is 0 Å². The van der Waals surface area contributed by atoms with E-state index in [1.54, 1.807) is 30.3 Å². The molecule has 0 fully saturated rings. The predicted molar refractivity (Wildman–Crippen MR) is 88.9 cm³/mol. The van der Waals surface area contributed by atoms with Crippen LogP contribution >= 0.6 is 0 Å². The minimum atomic E-state index is -0.791. The van der Waals surface area contributed by atoms with Gasteiger partial charge in [0.25, 0.3) is 0 Å². The van der Waals surface area contributed by atoms with E-state index in [4.69, 9.17) is 13.9 Å². The quantitative estimate of drug-likeness (QED) is 0.642. The van der Waals surface area contributed by atoms with Crippen molar-refractivity contribution in [2.75, 3.05) is 0 Å². The average Bonchev–Trinajstić information content (AvgIpc) is 3.24. The van der Waals surface area contributed by atoms with E-state index in [0.29, 0.717) is 30.1 Å². The van der Waals surface area contributed by atoms with E-state index >= 15 is 0 Å². The molecule has 0 saturated carbocycles. The van der Waals surface area contributed by atoms with Crippen LogP contribution in [-0.4, -0.2) is 15.3 Å². The molecule has 0 spiro atoms. The van der Waals surface area contributed by atoms with Gasteiger partial charge in [0, 0.05) is 12.8 Å². The van der Waals surface area contributed by atoms with E-state index in [1.165, 1.54) is 6.26 Å². The van der Waals surface area contributed by atoms with Crippen LogP contribution in [0.1, 0.15) is 56.2 Å². The van der Waals surface area contributed by atoms with Crippen molar-refractivity contribution in [2.45, 2.75) is 45.5 Å². The van der Waals surface area contributed by atoms with E-state index in [-0.39, 0.29) is 12.5 Å². The summed E-state index contributed by atoms with van der Waals surface area (Å²) in [6.07, 6.45) is 2.55. The van der Waals surface area contributed by atoms with E-state index in [9.17, 15) is 10.2 Å². The van der Waals surface area contributed by atoms with E-state index < -0.39 is 12.2 Å². The first-order valence-electron chi connectivity index (χ1n) is 8.04. The van der Waals surface area contributed by atoms with Crippen molar-refractivity contribution in [3.8, 4) is 0 Å². The molecule has 24 heavy (non-hydrogen) atoms. The summed E-state index contributed by atoms with van der Waals surface area (Å²) in [5.74, 6) is 1.58. The van der Waals surface area contributed by atoms with Crippen molar-refractivity contribution >= 4 is 0 Å². The zero-order valence-electron chi connectivity index (χ0n) is 14.0. The van der Waals surface area contributed by atoms with Gasteiger partial charge in [0.05, 0.1) is 6.26 Å². The smallest absolute Gasteiger partial charge is 0.133 e. The molecule has 0 aliphatic heterocycles. The summed E-state index contributed by atoms with van der Waals surface area (Å²) in [5, 5.41) is 29.3. The van der Waals surface area contributed by atoms with Crippen LogP contribution in [0.15, 0.2) is 56.7 Å².